The molecule has 0 fully saturated rings. The normalized spacial score (nSPS) is 17.9. The summed E-state index contributed by atoms with van der Waals surface area (Å²) in [4.78, 5) is 5.59. The quantitative estimate of drug-likeness (QED) is 0.923. The summed E-state index contributed by atoms with van der Waals surface area (Å²) >= 11 is 5.26. The second kappa shape index (κ2) is 5.61. The fraction of sp³-hybridized carbons (Fsp3) is 0.357. The molecule has 19 heavy (non-hydrogen) atoms. The van der Waals surface area contributed by atoms with Crippen molar-refractivity contribution in [1.29, 1.82) is 0 Å². The van der Waals surface area contributed by atoms with Crippen molar-refractivity contribution in [3.8, 4) is 5.75 Å². The molecule has 0 bridgehead atoms. The molecule has 0 saturated carbocycles. The first kappa shape index (κ1) is 13.1. The van der Waals surface area contributed by atoms with Gasteiger partial charge in [0.05, 0.1) is 22.3 Å². The highest BCUT2D eigenvalue weighted by Gasteiger charge is 2.22. The van der Waals surface area contributed by atoms with E-state index in [1.807, 2.05) is 11.6 Å². The molecule has 0 radical (unpaired) electrons. The van der Waals surface area contributed by atoms with Gasteiger partial charge in [0, 0.05) is 29.4 Å². The maximum Gasteiger partial charge on any atom is 0.138 e. The zero-order valence-corrected chi connectivity index (χ0v) is 13.1. The number of nitrogens with one attached hydrogen (secondary N) is 1. The number of hydrogen-bond donors (Lipinski definition) is 1. The molecule has 3 nitrogen and oxygen atoms in total. The minimum absolute atomic E-state index is 0.350. The van der Waals surface area contributed by atoms with Crippen LogP contribution in [0.4, 0.5) is 0 Å². The Hall–Kier alpha value is -0.910. The smallest absolute Gasteiger partial charge is 0.138 e. The molecule has 1 aliphatic heterocycles. The molecule has 0 unspecified atom stereocenters. The van der Waals surface area contributed by atoms with Crippen LogP contribution < -0.4 is 10.1 Å². The Morgan fingerprint density at radius 2 is 2.42 bits per heavy atom. The van der Waals surface area contributed by atoms with Gasteiger partial charge in [-0.3, -0.25) is 0 Å². The second-order valence-electron chi connectivity index (χ2n) is 4.59. The van der Waals surface area contributed by atoms with Gasteiger partial charge in [-0.1, -0.05) is 12.1 Å². The number of thiazole rings is 1. The Morgan fingerprint density at radius 3 is 3.21 bits per heavy atom. The Balaban J connectivity index is 1.77. The second-order valence-corrected chi connectivity index (χ2v) is 6.38. The number of aromatic nitrogens is 1. The van der Waals surface area contributed by atoms with Crippen molar-refractivity contribution in [2.75, 3.05) is 6.61 Å². The van der Waals surface area contributed by atoms with E-state index in [0.29, 0.717) is 6.04 Å². The average molecular weight is 339 g/mol. The molecule has 0 amide bonds. The Bertz CT molecular complexity index is 585. The van der Waals surface area contributed by atoms with Crippen molar-refractivity contribution < 1.29 is 4.74 Å². The van der Waals surface area contributed by atoms with Crippen LogP contribution in [0.3, 0.4) is 0 Å². The molecule has 0 saturated heterocycles. The number of para-hydroxylation sites is 1. The molecule has 3 rings (SSSR count). The highest BCUT2D eigenvalue weighted by Crippen LogP contribution is 2.37. The van der Waals surface area contributed by atoms with Crippen LogP contribution >= 0.6 is 27.3 Å². The molecule has 0 aliphatic carbocycles. The fourth-order valence-corrected chi connectivity index (χ4v) is 3.53. The van der Waals surface area contributed by atoms with Crippen molar-refractivity contribution in [3.63, 3.8) is 0 Å². The summed E-state index contributed by atoms with van der Waals surface area (Å²) in [6.45, 7) is 3.68. The van der Waals surface area contributed by atoms with Gasteiger partial charge < -0.3 is 10.1 Å². The number of halogens is 1. The fourth-order valence-electron chi connectivity index (χ4n) is 2.31. The predicted octanol–water partition coefficient (Wildman–Crippen LogP) is 3.83. The van der Waals surface area contributed by atoms with Gasteiger partial charge in [0.25, 0.3) is 0 Å². The van der Waals surface area contributed by atoms with Crippen molar-refractivity contribution >= 4 is 27.3 Å². The molecule has 2 aromatic rings. The van der Waals surface area contributed by atoms with E-state index in [0.717, 1.165) is 35.5 Å². The predicted molar refractivity (Wildman–Crippen MR) is 80.7 cm³/mol. The van der Waals surface area contributed by atoms with E-state index in [9.17, 15) is 0 Å². The van der Waals surface area contributed by atoms with E-state index in [-0.39, 0.29) is 0 Å². The van der Waals surface area contributed by atoms with Crippen LogP contribution in [0.2, 0.25) is 0 Å². The summed E-state index contributed by atoms with van der Waals surface area (Å²) in [5.41, 5.74) is 4.27. The van der Waals surface area contributed by atoms with E-state index in [1.54, 1.807) is 11.3 Å². The van der Waals surface area contributed by atoms with Gasteiger partial charge in [-0.2, -0.15) is 0 Å². The first-order valence-electron chi connectivity index (χ1n) is 6.29. The van der Waals surface area contributed by atoms with Crippen LogP contribution in [-0.2, 0) is 6.54 Å². The topological polar surface area (TPSA) is 34.2 Å². The minimum atomic E-state index is 0.350. The standard InChI is InChI=1S/C14H15BrN2OS/c1-9-13(19-8-17-9)7-16-12-5-6-18-14-10(12)3-2-4-11(14)15/h2-4,8,12,16H,5-7H2,1H3/t12-/m1/s1. The van der Waals surface area contributed by atoms with Crippen LogP contribution in [0.5, 0.6) is 5.75 Å². The van der Waals surface area contributed by atoms with Crippen LogP contribution in [0.15, 0.2) is 28.2 Å². The maximum absolute atomic E-state index is 5.75. The van der Waals surface area contributed by atoms with E-state index in [2.05, 4.69) is 45.3 Å². The average Bonchev–Trinajstić information content (AvgIpc) is 2.82. The molecule has 100 valence electrons. The van der Waals surface area contributed by atoms with Gasteiger partial charge in [0.15, 0.2) is 0 Å². The van der Waals surface area contributed by atoms with Crippen molar-refractivity contribution in [3.05, 3.63) is 44.3 Å². The van der Waals surface area contributed by atoms with Crippen LogP contribution in [0.1, 0.15) is 28.6 Å². The summed E-state index contributed by atoms with van der Waals surface area (Å²) in [5.74, 6) is 0.979. The molecule has 1 N–H and O–H groups in total. The maximum atomic E-state index is 5.75. The molecular formula is C14H15BrN2OS. The third-order valence-corrected chi connectivity index (χ3v) is 4.94. The van der Waals surface area contributed by atoms with Crippen LogP contribution in [-0.4, -0.2) is 11.6 Å². The van der Waals surface area contributed by atoms with Gasteiger partial charge >= 0.3 is 0 Å². The van der Waals surface area contributed by atoms with Crippen LogP contribution in [0, 0.1) is 6.92 Å². The first-order valence-corrected chi connectivity index (χ1v) is 7.96. The summed E-state index contributed by atoms with van der Waals surface area (Å²) in [6, 6.07) is 6.57. The number of fused-ring (bicyclic) bond motifs is 1. The lowest BCUT2D eigenvalue weighted by Gasteiger charge is -2.27. The third-order valence-electron chi connectivity index (χ3n) is 3.38. The van der Waals surface area contributed by atoms with Gasteiger partial charge in [-0.05, 0) is 28.9 Å². The largest absolute Gasteiger partial charge is 0.492 e. The summed E-state index contributed by atoms with van der Waals surface area (Å²) in [7, 11) is 0. The van der Waals surface area contributed by atoms with Crippen molar-refractivity contribution in [2.24, 2.45) is 0 Å². The first-order chi connectivity index (χ1) is 9.25. The van der Waals surface area contributed by atoms with Gasteiger partial charge in [0.2, 0.25) is 0 Å². The molecule has 2 heterocycles. The van der Waals surface area contributed by atoms with Crippen molar-refractivity contribution in [1.82, 2.24) is 10.3 Å². The zero-order chi connectivity index (χ0) is 13.2. The lowest BCUT2D eigenvalue weighted by Crippen LogP contribution is -2.26. The molecule has 1 aliphatic rings. The van der Waals surface area contributed by atoms with Gasteiger partial charge in [0.1, 0.15) is 5.75 Å². The van der Waals surface area contributed by atoms with Crippen molar-refractivity contribution in [2.45, 2.75) is 25.9 Å². The number of nitrogens with zero attached hydrogens (tertiary/aromatic N) is 1. The molecule has 1 aromatic carbocycles. The van der Waals surface area contributed by atoms with E-state index >= 15 is 0 Å². The molecule has 0 spiro atoms. The molecule has 1 aromatic heterocycles. The lowest BCUT2D eigenvalue weighted by molar-refractivity contribution is 0.250. The molecule has 1 atom stereocenters. The minimum Gasteiger partial charge on any atom is -0.492 e. The van der Waals surface area contributed by atoms with Gasteiger partial charge in [-0.25, -0.2) is 4.98 Å². The van der Waals surface area contributed by atoms with E-state index < -0.39 is 0 Å². The summed E-state index contributed by atoms with van der Waals surface area (Å²) < 4.78 is 6.78. The molecular weight excluding hydrogens is 324 g/mol. The number of aryl methyl sites for hydroxylation is 1. The van der Waals surface area contributed by atoms with Gasteiger partial charge in [-0.15, -0.1) is 11.3 Å². The summed E-state index contributed by atoms with van der Waals surface area (Å²) in [6.07, 6.45) is 1.00. The Kier molecular flexibility index (Phi) is 3.86. The number of ether oxygens (including phenoxy) is 1. The Labute approximate surface area is 125 Å². The van der Waals surface area contributed by atoms with E-state index in [1.165, 1.54) is 10.4 Å². The highest BCUT2D eigenvalue weighted by atomic mass is 79.9. The SMILES string of the molecule is Cc1ncsc1CN[C@@H]1CCOc2c(Br)cccc21. The van der Waals surface area contributed by atoms with E-state index in [4.69, 9.17) is 4.74 Å². The Morgan fingerprint density at radius 1 is 1.53 bits per heavy atom. The lowest BCUT2D eigenvalue weighted by atomic mass is 10.0. The zero-order valence-electron chi connectivity index (χ0n) is 10.6. The number of benzene rings is 1. The number of hydrogen-bond acceptors (Lipinski definition) is 4. The monoisotopic (exact) mass is 338 g/mol. The summed E-state index contributed by atoms with van der Waals surface area (Å²) in [5, 5.41) is 3.62. The number of rotatable bonds is 3. The van der Waals surface area contributed by atoms with Crippen LogP contribution in [0.25, 0.3) is 0 Å². The molecule has 5 heteroatoms. The third kappa shape index (κ3) is 2.68. The highest BCUT2D eigenvalue weighted by molar-refractivity contribution is 9.10.